The predicted molar refractivity (Wildman–Crippen MR) is 122 cm³/mol. The van der Waals surface area contributed by atoms with Gasteiger partial charge in [-0.15, -0.1) is 11.3 Å². The number of hydrogen-bond donors (Lipinski definition) is 1. The lowest BCUT2D eigenvalue weighted by atomic mass is 10.2. The summed E-state index contributed by atoms with van der Waals surface area (Å²) in [5.74, 6) is 0.765. The molecule has 0 aliphatic carbocycles. The van der Waals surface area contributed by atoms with Crippen molar-refractivity contribution in [3.63, 3.8) is 0 Å². The number of benzene rings is 2. The van der Waals surface area contributed by atoms with E-state index in [4.69, 9.17) is 15.2 Å². The fourth-order valence-corrected chi connectivity index (χ4v) is 4.00. The molecule has 0 aliphatic heterocycles. The average molecular weight is 449 g/mol. The molecule has 6 nitrogen and oxygen atoms in total. The number of aryl methyl sites for hydroxylation is 2. The van der Waals surface area contributed by atoms with E-state index >= 15 is 0 Å². The van der Waals surface area contributed by atoms with Gasteiger partial charge in [0.15, 0.2) is 0 Å². The van der Waals surface area contributed by atoms with Crippen molar-refractivity contribution in [1.29, 1.82) is 5.26 Å². The van der Waals surface area contributed by atoms with Crippen LogP contribution in [-0.2, 0) is 13.0 Å². The number of nitrogens with zero attached hydrogens (tertiary/aromatic N) is 3. The lowest BCUT2D eigenvalue weighted by Gasteiger charge is -2.11. The number of aromatic nitrogens is 2. The van der Waals surface area contributed by atoms with Crippen molar-refractivity contribution in [2.45, 2.75) is 26.9 Å². The number of thiazole rings is 1. The lowest BCUT2D eigenvalue weighted by molar-refractivity contribution is 0.306. The average Bonchev–Trinajstić information content (AvgIpc) is 3.34. The molecule has 2 aromatic carbocycles. The van der Waals surface area contributed by atoms with Crippen LogP contribution < -0.4 is 15.2 Å². The molecule has 0 bridgehead atoms. The Balaban J connectivity index is 1.50. The SMILES string of the molecule is CCc1cn(-c2ccc(Oc3cc(F)cc(OCc4cnc(C)s4)c3)cc2)c(C#N)c1N. The maximum Gasteiger partial charge on any atom is 0.148 e. The van der Waals surface area contributed by atoms with Crippen LogP contribution in [0.15, 0.2) is 54.9 Å². The van der Waals surface area contributed by atoms with Crippen LogP contribution >= 0.6 is 11.3 Å². The topological polar surface area (TPSA) is 86.1 Å². The van der Waals surface area contributed by atoms with E-state index in [9.17, 15) is 9.65 Å². The molecule has 0 amide bonds. The van der Waals surface area contributed by atoms with Crippen LogP contribution in [0.25, 0.3) is 5.69 Å². The van der Waals surface area contributed by atoms with Crippen LogP contribution in [0.3, 0.4) is 0 Å². The third-order valence-corrected chi connectivity index (χ3v) is 5.75. The molecule has 0 unspecified atom stereocenters. The molecule has 162 valence electrons. The van der Waals surface area contributed by atoms with Gasteiger partial charge < -0.3 is 19.8 Å². The van der Waals surface area contributed by atoms with Crippen molar-refractivity contribution < 1.29 is 13.9 Å². The molecular weight excluding hydrogens is 427 g/mol. The van der Waals surface area contributed by atoms with Crippen molar-refractivity contribution in [3.8, 4) is 29.0 Å². The van der Waals surface area contributed by atoms with E-state index in [-0.39, 0.29) is 0 Å². The number of halogens is 1. The molecule has 0 radical (unpaired) electrons. The number of ether oxygens (including phenoxy) is 2. The van der Waals surface area contributed by atoms with Crippen LogP contribution in [0.1, 0.15) is 28.1 Å². The van der Waals surface area contributed by atoms with Crippen LogP contribution in [0.2, 0.25) is 0 Å². The Morgan fingerprint density at radius 2 is 1.91 bits per heavy atom. The number of hydrogen-bond acceptors (Lipinski definition) is 6. The minimum Gasteiger partial charge on any atom is -0.488 e. The zero-order valence-corrected chi connectivity index (χ0v) is 18.4. The Labute approximate surface area is 189 Å². The van der Waals surface area contributed by atoms with Crippen LogP contribution in [0.4, 0.5) is 10.1 Å². The molecule has 2 aromatic heterocycles. The largest absolute Gasteiger partial charge is 0.488 e. The molecule has 0 spiro atoms. The van der Waals surface area contributed by atoms with Crippen LogP contribution in [-0.4, -0.2) is 9.55 Å². The smallest absolute Gasteiger partial charge is 0.148 e. The highest BCUT2D eigenvalue weighted by molar-refractivity contribution is 7.11. The molecule has 0 saturated carbocycles. The minimum atomic E-state index is -0.455. The first-order chi connectivity index (χ1) is 15.5. The van der Waals surface area contributed by atoms with E-state index in [1.165, 1.54) is 23.5 Å². The Bertz CT molecular complexity index is 1290. The summed E-state index contributed by atoms with van der Waals surface area (Å²) in [6.45, 7) is 4.22. The first-order valence-corrected chi connectivity index (χ1v) is 10.8. The number of rotatable bonds is 7. The van der Waals surface area contributed by atoms with Crippen molar-refractivity contribution in [2.24, 2.45) is 0 Å². The van der Waals surface area contributed by atoms with Gasteiger partial charge in [-0.25, -0.2) is 9.37 Å². The molecule has 8 heteroatoms. The summed E-state index contributed by atoms with van der Waals surface area (Å²) in [6.07, 6.45) is 4.35. The Morgan fingerprint density at radius 3 is 2.56 bits per heavy atom. The molecule has 4 aromatic rings. The third-order valence-electron chi connectivity index (χ3n) is 4.86. The molecule has 0 saturated heterocycles. The highest BCUT2D eigenvalue weighted by Crippen LogP contribution is 2.30. The zero-order valence-electron chi connectivity index (χ0n) is 17.6. The van der Waals surface area contributed by atoms with Crippen LogP contribution in [0.5, 0.6) is 17.2 Å². The first-order valence-electron chi connectivity index (χ1n) is 9.99. The maximum atomic E-state index is 14.1. The molecule has 2 N–H and O–H groups in total. The molecular formula is C24H21FN4O2S. The minimum absolute atomic E-state index is 0.310. The fraction of sp³-hybridized carbons (Fsp3) is 0.167. The number of nitrogens with two attached hydrogens (primary N) is 1. The van der Waals surface area contributed by atoms with E-state index in [0.29, 0.717) is 35.2 Å². The molecule has 4 rings (SSSR count). The van der Waals surface area contributed by atoms with Gasteiger partial charge in [-0.05, 0) is 43.2 Å². The van der Waals surface area contributed by atoms with E-state index in [0.717, 1.165) is 27.6 Å². The van der Waals surface area contributed by atoms with Gasteiger partial charge in [-0.1, -0.05) is 6.92 Å². The third kappa shape index (κ3) is 4.58. The summed E-state index contributed by atoms with van der Waals surface area (Å²) in [5.41, 5.74) is 8.67. The normalized spacial score (nSPS) is 10.7. The van der Waals surface area contributed by atoms with Gasteiger partial charge in [-0.3, -0.25) is 0 Å². The van der Waals surface area contributed by atoms with Crippen molar-refractivity contribution in [2.75, 3.05) is 5.73 Å². The van der Waals surface area contributed by atoms with Gasteiger partial charge in [0.25, 0.3) is 0 Å². The Kier molecular flexibility index (Phi) is 6.10. The summed E-state index contributed by atoms with van der Waals surface area (Å²) in [4.78, 5) is 5.14. The maximum absolute atomic E-state index is 14.1. The second-order valence-corrected chi connectivity index (χ2v) is 8.42. The number of nitrogen functional groups attached to an aromatic ring is 1. The van der Waals surface area contributed by atoms with Crippen molar-refractivity contribution in [1.82, 2.24) is 9.55 Å². The lowest BCUT2D eigenvalue weighted by Crippen LogP contribution is -1.98. The predicted octanol–water partition coefficient (Wildman–Crippen LogP) is 5.77. The summed E-state index contributed by atoms with van der Waals surface area (Å²) in [6, 6.07) is 13.5. The van der Waals surface area contributed by atoms with Gasteiger partial charge in [0, 0.05) is 36.3 Å². The van der Waals surface area contributed by atoms with Crippen molar-refractivity contribution in [3.05, 3.63) is 81.8 Å². The summed E-state index contributed by atoms with van der Waals surface area (Å²) in [7, 11) is 0. The van der Waals surface area contributed by atoms with Gasteiger partial charge in [0.1, 0.15) is 41.4 Å². The molecule has 0 fully saturated rings. The summed E-state index contributed by atoms with van der Waals surface area (Å²) in [5, 5.41) is 10.4. The van der Waals surface area contributed by atoms with E-state index < -0.39 is 5.82 Å². The van der Waals surface area contributed by atoms with Gasteiger partial charge in [-0.2, -0.15) is 5.26 Å². The first kappa shape index (κ1) is 21.4. The van der Waals surface area contributed by atoms with E-state index in [1.54, 1.807) is 29.0 Å². The van der Waals surface area contributed by atoms with Gasteiger partial charge in [0.2, 0.25) is 0 Å². The monoisotopic (exact) mass is 448 g/mol. The number of anilines is 1. The molecule has 0 aliphatic rings. The van der Waals surface area contributed by atoms with Gasteiger partial charge >= 0.3 is 0 Å². The molecule has 2 heterocycles. The highest BCUT2D eigenvalue weighted by atomic mass is 32.1. The standard InChI is InChI=1S/C24H21FN4O2S/c1-3-16-13-29(23(11-26)24(16)27)18-4-6-19(7-5-18)31-21-9-17(25)8-20(10-21)30-14-22-12-28-15(2)32-22/h4-10,12-13H,3,14,27H2,1-2H3. The van der Waals surface area contributed by atoms with Crippen molar-refractivity contribution >= 4 is 17.0 Å². The molecule has 32 heavy (non-hydrogen) atoms. The summed E-state index contributed by atoms with van der Waals surface area (Å²) < 4.78 is 27.4. The number of nitriles is 1. The Morgan fingerprint density at radius 1 is 1.16 bits per heavy atom. The Hall–Kier alpha value is -3.83. The van der Waals surface area contributed by atoms with Gasteiger partial charge in [0.05, 0.1) is 15.6 Å². The van der Waals surface area contributed by atoms with E-state index in [2.05, 4.69) is 11.1 Å². The quantitative estimate of drug-likeness (QED) is 0.388. The highest BCUT2D eigenvalue weighted by Gasteiger charge is 2.13. The second-order valence-electron chi connectivity index (χ2n) is 7.10. The second kappa shape index (κ2) is 9.12. The van der Waals surface area contributed by atoms with E-state index in [1.807, 2.05) is 32.2 Å². The zero-order chi connectivity index (χ0) is 22.7. The van der Waals surface area contributed by atoms with Crippen LogP contribution in [0, 0.1) is 24.1 Å². The summed E-state index contributed by atoms with van der Waals surface area (Å²) >= 11 is 1.53. The molecule has 0 atom stereocenters. The fourth-order valence-electron chi connectivity index (χ4n) is 3.29.